The molecule has 8 heteroatoms. The van der Waals surface area contributed by atoms with E-state index in [1.807, 2.05) is 19.1 Å². The van der Waals surface area contributed by atoms with Gasteiger partial charge in [0.05, 0.1) is 10.9 Å². The Labute approximate surface area is 124 Å². The van der Waals surface area contributed by atoms with E-state index in [4.69, 9.17) is 11.6 Å². The number of rotatable bonds is 5. The highest BCUT2D eigenvalue weighted by Gasteiger charge is 2.17. The number of aromatic nitrogens is 2. The van der Waals surface area contributed by atoms with Crippen molar-refractivity contribution in [2.45, 2.75) is 13.5 Å². The van der Waals surface area contributed by atoms with Crippen molar-refractivity contribution in [1.82, 2.24) is 15.1 Å². The SMILES string of the molecule is CCNc1nnc(C(=O)N(C)Cc2ccc(Cl)s2)s1. The van der Waals surface area contributed by atoms with Gasteiger partial charge in [0.1, 0.15) is 0 Å². The molecule has 0 aromatic carbocycles. The predicted molar refractivity (Wildman–Crippen MR) is 79.2 cm³/mol. The van der Waals surface area contributed by atoms with E-state index in [1.165, 1.54) is 22.7 Å². The molecule has 0 bridgehead atoms. The standard InChI is InChI=1S/C11H13ClN4OS2/c1-3-13-11-15-14-9(19-11)10(17)16(2)6-7-4-5-8(12)18-7/h4-5H,3,6H2,1-2H3,(H,13,15). The Kier molecular flexibility index (Phi) is 4.73. The first-order valence-corrected chi connectivity index (χ1v) is 7.68. The number of thiophene rings is 1. The maximum Gasteiger partial charge on any atom is 0.284 e. The summed E-state index contributed by atoms with van der Waals surface area (Å²) in [5.74, 6) is -0.133. The maximum absolute atomic E-state index is 12.2. The number of hydrogen-bond donors (Lipinski definition) is 1. The minimum atomic E-state index is -0.133. The lowest BCUT2D eigenvalue weighted by Crippen LogP contribution is -2.25. The predicted octanol–water partition coefficient (Wildman–Crippen LogP) is 2.96. The fourth-order valence-electron chi connectivity index (χ4n) is 1.44. The quantitative estimate of drug-likeness (QED) is 0.921. The van der Waals surface area contributed by atoms with Crippen LogP contribution in [0.3, 0.4) is 0 Å². The minimum Gasteiger partial charge on any atom is -0.360 e. The molecule has 1 N–H and O–H groups in total. The molecule has 0 fully saturated rings. The number of nitrogens with one attached hydrogen (secondary N) is 1. The summed E-state index contributed by atoms with van der Waals surface area (Å²) in [6.07, 6.45) is 0. The number of anilines is 1. The van der Waals surface area contributed by atoms with Gasteiger partial charge in [0.15, 0.2) is 0 Å². The molecule has 0 radical (unpaired) electrons. The van der Waals surface area contributed by atoms with Gasteiger partial charge in [-0.25, -0.2) is 0 Å². The van der Waals surface area contributed by atoms with Crippen molar-refractivity contribution in [3.8, 4) is 0 Å². The van der Waals surface area contributed by atoms with Gasteiger partial charge < -0.3 is 10.2 Å². The molecule has 0 saturated heterocycles. The second-order valence-electron chi connectivity index (χ2n) is 3.81. The number of carbonyl (C=O) groups excluding carboxylic acids is 1. The van der Waals surface area contributed by atoms with Gasteiger partial charge in [0.25, 0.3) is 5.91 Å². The van der Waals surface area contributed by atoms with Crippen molar-refractivity contribution in [3.63, 3.8) is 0 Å². The zero-order chi connectivity index (χ0) is 13.8. The average Bonchev–Trinajstić information content (AvgIpc) is 2.98. The molecule has 19 heavy (non-hydrogen) atoms. The van der Waals surface area contributed by atoms with Crippen LogP contribution in [-0.2, 0) is 6.54 Å². The number of carbonyl (C=O) groups is 1. The molecule has 0 aliphatic heterocycles. The Morgan fingerprint density at radius 2 is 2.21 bits per heavy atom. The summed E-state index contributed by atoms with van der Waals surface area (Å²) >= 11 is 8.60. The van der Waals surface area contributed by atoms with Crippen LogP contribution in [0.5, 0.6) is 0 Å². The molecule has 2 heterocycles. The molecule has 102 valence electrons. The monoisotopic (exact) mass is 316 g/mol. The molecule has 0 aliphatic rings. The topological polar surface area (TPSA) is 58.1 Å². The second-order valence-corrected chi connectivity index (χ2v) is 6.59. The lowest BCUT2D eigenvalue weighted by atomic mass is 10.4. The Morgan fingerprint density at radius 1 is 1.42 bits per heavy atom. The second kappa shape index (κ2) is 6.31. The maximum atomic E-state index is 12.2. The zero-order valence-corrected chi connectivity index (χ0v) is 12.9. The number of halogens is 1. The summed E-state index contributed by atoms with van der Waals surface area (Å²) in [5.41, 5.74) is 0. The molecule has 0 aliphatic carbocycles. The van der Waals surface area contributed by atoms with Crippen LogP contribution in [0, 0.1) is 0 Å². The molecule has 0 unspecified atom stereocenters. The molecule has 2 rings (SSSR count). The fourth-order valence-corrected chi connectivity index (χ4v) is 3.39. The Balaban J connectivity index is 2.01. The Morgan fingerprint density at radius 3 is 2.84 bits per heavy atom. The van der Waals surface area contributed by atoms with Crippen molar-refractivity contribution in [2.75, 3.05) is 18.9 Å². The van der Waals surface area contributed by atoms with Gasteiger partial charge in [-0.15, -0.1) is 21.5 Å². The van der Waals surface area contributed by atoms with E-state index >= 15 is 0 Å². The van der Waals surface area contributed by atoms with E-state index in [0.717, 1.165) is 15.8 Å². The lowest BCUT2D eigenvalue weighted by Gasteiger charge is -2.13. The van der Waals surface area contributed by atoms with Crippen LogP contribution >= 0.6 is 34.3 Å². The van der Waals surface area contributed by atoms with Crippen LogP contribution in [0.15, 0.2) is 12.1 Å². The zero-order valence-electron chi connectivity index (χ0n) is 10.5. The summed E-state index contributed by atoms with van der Waals surface area (Å²) in [7, 11) is 1.74. The highest BCUT2D eigenvalue weighted by molar-refractivity contribution is 7.17. The number of nitrogens with zero attached hydrogens (tertiary/aromatic N) is 3. The van der Waals surface area contributed by atoms with Crippen LogP contribution in [0.2, 0.25) is 4.34 Å². The van der Waals surface area contributed by atoms with E-state index in [0.29, 0.717) is 16.7 Å². The molecular formula is C11H13ClN4OS2. The van der Waals surface area contributed by atoms with Crippen LogP contribution < -0.4 is 5.32 Å². The van der Waals surface area contributed by atoms with Crippen molar-refractivity contribution in [3.05, 3.63) is 26.4 Å². The molecule has 0 saturated carbocycles. The van der Waals surface area contributed by atoms with E-state index in [1.54, 1.807) is 11.9 Å². The van der Waals surface area contributed by atoms with Crippen molar-refractivity contribution in [2.24, 2.45) is 0 Å². The summed E-state index contributed by atoms with van der Waals surface area (Å²) in [5, 5.41) is 11.9. The summed E-state index contributed by atoms with van der Waals surface area (Å²) < 4.78 is 0.723. The van der Waals surface area contributed by atoms with Gasteiger partial charge in [-0.05, 0) is 19.1 Å². The lowest BCUT2D eigenvalue weighted by molar-refractivity contribution is 0.0785. The summed E-state index contributed by atoms with van der Waals surface area (Å²) in [4.78, 5) is 14.8. The van der Waals surface area contributed by atoms with Gasteiger partial charge >= 0.3 is 0 Å². The molecule has 1 amide bonds. The summed E-state index contributed by atoms with van der Waals surface area (Å²) in [6, 6.07) is 3.75. The van der Waals surface area contributed by atoms with Gasteiger partial charge in [0, 0.05) is 18.5 Å². The molecule has 2 aromatic rings. The first-order valence-electron chi connectivity index (χ1n) is 5.67. The van der Waals surface area contributed by atoms with Crippen molar-refractivity contribution < 1.29 is 4.79 Å². The van der Waals surface area contributed by atoms with Gasteiger partial charge in [0.2, 0.25) is 10.1 Å². The smallest absolute Gasteiger partial charge is 0.284 e. The third kappa shape index (κ3) is 3.65. The van der Waals surface area contributed by atoms with Gasteiger partial charge in [-0.3, -0.25) is 4.79 Å². The average molecular weight is 317 g/mol. The first-order chi connectivity index (χ1) is 9.10. The third-order valence-electron chi connectivity index (χ3n) is 2.30. The third-order valence-corrected chi connectivity index (χ3v) is 4.39. The van der Waals surface area contributed by atoms with E-state index in [2.05, 4.69) is 15.5 Å². The van der Waals surface area contributed by atoms with Crippen molar-refractivity contribution in [1.29, 1.82) is 0 Å². The normalized spacial score (nSPS) is 10.5. The van der Waals surface area contributed by atoms with Crippen molar-refractivity contribution >= 4 is 45.3 Å². The molecular weight excluding hydrogens is 304 g/mol. The molecule has 0 spiro atoms. The Hall–Kier alpha value is -1.18. The number of hydrogen-bond acceptors (Lipinski definition) is 6. The first kappa shape index (κ1) is 14.2. The van der Waals surface area contributed by atoms with E-state index in [-0.39, 0.29) is 5.91 Å². The Bertz CT molecular complexity index is 569. The molecule has 5 nitrogen and oxygen atoms in total. The van der Waals surface area contributed by atoms with E-state index in [9.17, 15) is 4.79 Å². The van der Waals surface area contributed by atoms with Crippen LogP contribution in [0.1, 0.15) is 21.6 Å². The summed E-state index contributed by atoms with van der Waals surface area (Å²) in [6.45, 7) is 3.24. The molecule has 2 aromatic heterocycles. The van der Waals surface area contributed by atoms with Gasteiger partial charge in [-0.2, -0.15) is 0 Å². The largest absolute Gasteiger partial charge is 0.360 e. The highest BCUT2D eigenvalue weighted by atomic mass is 35.5. The van der Waals surface area contributed by atoms with Crippen LogP contribution in [-0.4, -0.2) is 34.6 Å². The molecule has 0 atom stereocenters. The fraction of sp³-hybridized carbons (Fsp3) is 0.364. The van der Waals surface area contributed by atoms with Crippen LogP contribution in [0.4, 0.5) is 5.13 Å². The highest BCUT2D eigenvalue weighted by Crippen LogP contribution is 2.23. The van der Waals surface area contributed by atoms with E-state index < -0.39 is 0 Å². The van der Waals surface area contributed by atoms with Crippen LogP contribution in [0.25, 0.3) is 0 Å². The van der Waals surface area contributed by atoms with Gasteiger partial charge in [-0.1, -0.05) is 22.9 Å². The number of amides is 1. The minimum absolute atomic E-state index is 0.133.